The Balaban J connectivity index is 1.82. The van der Waals surface area contributed by atoms with Crippen molar-refractivity contribution in [2.75, 3.05) is 26.8 Å². The number of methoxy groups -OCH3 is 1. The molecule has 1 atom stereocenters. The Morgan fingerprint density at radius 1 is 1.15 bits per heavy atom. The van der Waals surface area contributed by atoms with E-state index in [-0.39, 0.29) is 31.3 Å². The average molecular weight is 463 g/mol. The van der Waals surface area contributed by atoms with Crippen LogP contribution in [-0.2, 0) is 17.5 Å². The van der Waals surface area contributed by atoms with E-state index in [0.29, 0.717) is 29.7 Å². The van der Waals surface area contributed by atoms with Crippen molar-refractivity contribution in [1.29, 1.82) is 0 Å². The predicted octanol–water partition coefficient (Wildman–Crippen LogP) is 4.28. The number of hydrogen-bond donors (Lipinski definition) is 0. The summed E-state index contributed by atoms with van der Waals surface area (Å²) in [6, 6.07) is 9.99. The summed E-state index contributed by atoms with van der Waals surface area (Å²) in [6.45, 7) is 2.38. The average Bonchev–Trinajstić information content (AvgIpc) is 3.37. The number of halogens is 3. The smallest absolute Gasteiger partial charge is 0.416 e. The number of amides is 1. The number of carbonyl (C=O) groups excluding carboxylic acids is 1. The predicted molar refractivity (Wildman–Crippen MR) is 116 cm³/mol. The lowest BCUT2D eigenvalue weighted by molar-refractivity contribution is -0.138. The summed E-state index contributed by atoms with van der Waals surface area (Å²) in [4.78, 5) is 27.2. The highest BCUT2D eigenvalue weighted by atomic mass is 19.4. The molecule has 1 aliphatic rings. The number of hydrogen-bond acceptors (Lipinski definition) is 4. The van der Waals surface area contributed by atoms with Crippen LogP contribution in [0.2, 0.25) is 0 Å². The molecule has 0 spiro atoms. The second kappa shape index (κ2) is 8.84. The van der Waals surface area contributed by atoms with Crippen molar-refractivity contribution in [2.24, 2.45) is 0 Å². The van der Waals surface area contributed by atoms with Crippen LogP contribution in [0.4, 0.5) is 18.0 Å². The number of aromatic nitrogens is 2. The van der Waals surface area contributed by atoms with Gasteiger partial charge in [0.1, 0.15) is 11.3 Å². The first-order chi connectivity index (χ1) is 15.8. The van der Waals surface area contributed by atoms with Crippen molar-refractivity contribution in [3.63, 3.8) is 0 Å². The van der Waals surface area contributed by atoms with Crippen LogP contribution in [0.25, 0.3) is 11.0 Å². The van der Waals surface area contributed by atoms with Crippen LogP contribution in [0, 0.1) is 0 Å². The Kier molecular flexibility index (Phi) is 6.09. The molecule has 0 aliphatic carbocycles. The second-order valence-electron chi connectivity index (χ2n) is 7.81. The first-order valence-corrected chi connectivity index (χ1v) is 10.6. The molecule has 1 aromatic heterocycles. The summed E-state index contributed by atoms with van der Waals surface area (Å²) >= 11 is 0. The van der Waals surface area contributed by atoms with Gasteiger partial charge < -0.3 is 14.4 Å². The van der Waals surface area contributed by atoms with Crippen molar-refractivity contribution >= 4 is 17.1 Å². The Hall–Kier alpha value is -3.43. The maximum absolute atomic E-state index is 13.6. The SMILES string of the molecule is CCOC(=O)N1CCC(n2c(=O)n(Cc3ccccc3C(F)(F)F)c3c(OC)cccc32)C1. The molecule has 1 saturated heterocycles. The lowest BCUT2D eigenvalue weighted by Gasteiger charge is -2.16. The van der Waals surface area contributed by atoms with Gasteiger partial charge in [-0.05, 0) is 37.1 Å². The normalized spacial score (nSPS) is 16.4. The molecule has 33 heavy (non-hydrogen) atoms. The van der Waals surface area contributed by atoms with E-state index in [0.717, 1.165) is 6.07 Å². The molecule has 1 fully saturated rings. The maximum atomic E-state index is 13.6. The zero-order valence-corrected chi connectivity index (χ0v) is 18.3. The van der Waals surface area contributed by atoms with Gasteiger partial charge in [0.15, 0.2) is 0 Å². The quantitative estimate of drug-likeness (QED) is 0.567. The molecule has 4 rings (SSSR count). The van der Waals surface area contributed by atoms with Gasteiger partial charge in [0.25, 0.3) is 0 Å². The molecule has 7 nitrogen and oxygen atoms in total. The fraction of sp³-hybridized carbons (Fsp3) is 0.391. The number of para-hydroxylation sites is 1. The summed E-state index contributed by atoms with van der Waals surface area (Å²) in [5, 5.41) is 0. The van der Waals surface area contributed by atoms with Crippen LogP contribution in [0.3, 0.4) is 0 Å². The highest BCUT2D eigenvalue weighted by Crippen LogP contribution is 2.34. The fourth-order valence-corrected chi connectivity index (χ4v) is 4.41. The molecule has 0 N–H and O–H groups in total. The van der Waals surface area contributed by atoms with Crippen molar-refractivity contribution < 1.29 is 27.4 Å². The molecule has 1 amide bonds. The molecule has 1 aliphatic heterocycles. The Morgan fingerprint density at radius 2 is 1.91 bits per heavy atom. The summed E-state index contributed by atoms with van der Waals surface area (Å²) in [6.07, 6.45) is -4.48. The monoisotopic (exact) mass is 463 g/mol. The van der Waals surface area contributed by atoms with Crippen molar-refractivity contribution in [3.05, 3.63) is 64.1 Å². The van der Waals surface area contributed by atoms with Crippen LogP contribution in [-0.4, -0.2) is 46.9 Å². The topological polar surface area (TPSA) is 65.7 Å². The number of fused-ring (bicyclic) bond motifs is 1. The number of imidazole rings is 1. The lowest BCUT2D eigenvalue weighted by Crippen LogP contribution is -2.32. The first-order valence-electron chi connectivity index (χ1n) is 10.6. The number of likely N-dealkylation sites (tertiary alicyclic amines) is 1. The maximum Gasteiger partial charge on any atom is 0.416 e. The van der Waals surface area contributed by atoms with Crippen molar-refractivity contribution in [1.82, 2.24) is 14.0 Å². The molecule has 176 valence electrons. The van der Waals surface area contributed by atoms with Crippen LogP contribution in [0.5, 0.6) is 5.75 Å². The molecule has 0 bridgehead atoms. The first kappa shape index (κ1) is 22.8. The molecular weight excluding hydrogens is 439 g/mol. The number of carbonyl (C=O) groups is 1. The van der Waals surface area contributed by atoms with Crippen molar-refractivity contribution in [2.45, 2.75) is 32.1 Å². The number of rotatable bonds is 5. The number of benzene rings is 2. The highest BCUT2D eigenvalue weighted by Gasteiger charge is 2.35. The van der Waals surface area contributed by atoms with E-state index in [9.17, 15) is 22.8 Å². The third kappa shape index (κ3) is 4.17. The minimum absolute atomic E-state index is 0.0170. The number of nitrogens with zero attached hydrogens (tertiary/aromatic N) is 3. The van der Waals surface area contributed by atoms with Crippen LogP contribution < -0.4 is 10.4 Å². The standard InChI is InChI=1S/C23H24F3N3O4/c1-3-33-22(31)27-12-11-16(14-27)29-18-9-6-10-19(32-2)20(18)28(21(29)30)13-15-7-4-5-8-17(15)23(24,25)26/h4-10,16H,3,11-14H2,1-2H3. The van der Waals surface area contributed by atoms with Gasteiger partial charge in [0.2, 0.25) is 0 Å². The van der Waals surface area contributed by atoms with E-state index in [4.69, 9.17) is 9.47 Å². The van der Waals surface area contributed by atoms with Crippen LogP contribution in [0.15, 0.2) is 47.3 Å². The minimum atomic E-state index is -4.55. The van der Waals surface area contributed by atoms with E-state index >= 15 is 0 Å². The van der Waals surface area contributed by atoms with Gasteiger partial charge in [-0.1, -0.05) is 24.3 Å². The number of alkyl halides is 3. The van der Waals surface area contributed by atoms with Crippen LogP contribution >= 0.6 is 0 Å². The largest absolute Gasteiger partial charge is 0.494 e. The van der Waals surface area contributed by atoms with Gasteiger partial charge in [0, 0.05) is 13.1 Å². The van der Waals surface area contributed by atoms with Gasteiger partial charge in [-0.3, -0.25) is 9.13 Å². The third-order valence-electron chi connectivity index (χ3n) is 5.87. The van der Waals surface area contributed by atoms with Crippen LogP contribution in [0.1, 0.15) is 30.5 Å². The zero-order chi connectivity index (χ0) is 23.8. The summed E-state index contributed by atoms with van der Waals surface area (Å²) in [5.74, 6) is 0.382. The summed E-state index contributed by atoms with van der Waals surface area (Å²) in [7, 11) is 1.45. The van der Waals surface area contributed by atoms with E-state index in [2.05, 4.69) is 0 Å². The lowest BCUT2D eigenvalue weighted by atomic mass is 10.1. The molecule has 0 radical (unpaired) electrons. The van der Waals surface area contributed by atoms with Gasteiger partial charge >= 0.3 is 18.0 Å². The molecule has 2 aromatic carbocycles. The third-order valence-corrected chi connectivity index (χ3v) is 5.87. The molecule has 2 heterocycles. The Bertz CT molecular complexity index is 1230. The van der Waals surface area contributed by atoms with Crippen molar-refractivity contribution in [3.8, 4) is 5.75 Å². The van der Waals surface area contributed by atoms with Gasteiger partial charge in [0.05, 0.1) is 37.4 Å². The fourth-order valence-electron chi connectivity index (χ4n) is 4.41. The minimum Gasteiger partial charge on any atom is -0.494 e. The van der Waals surface area contributed by atoms with Gasteiger partial charge in [-0.15, -0.1) is 0 Å². The van der Waals surface area contributed by atoms with E-state index in [1.54, 1.807) is 29.7 Å². The molecule has 1 unspecified atom stereocenters. The van der Waals surface area contributed by atoms with E-state index < -0.39 is 23.5 Å². The Labute approximate surface area is 187 Å². The Morgan fingerprint density at radius 3 is 2.61 bits per heavy atom. The summed E-state index contributed by atoms with van der Waals surface area (Å²) in [5.41, 5.74) is -0.308. The number of ether oxygens (including phenoxy) is 2. The zero-order valence-electron chi connectivity index (χ0n) is 18.3. The molecular formula is C23H24F3N3O4. The molecule has 3 aromatic rings. The summed E-state index contributed by atoms with van der Waals surface area (Å²) < 4.78 is 54.1. The second-order valence-corrected chi connectivity index (χ2v) is 7.81. The van der Waals surface area contributed by atoms with E-state index in [1.807, 2.05) is 0 Å². The van der Waals surface area contributed by atoms with Gasteiger partial charge in [-0.25, -0.2) is 9.59 Å². The van der Waals surface area contributed by atoms with Gasteiger partial charge in [-0.2, -0.15) is 13.2 Å². The molecule has 0 saturated carbocycles. The highest BCUT2D eigenvalue weighted by molar-refractivity contribution is 5.83. The molecule has 10 heteroatoms. The van der Waals surface area contributed by atoms with E-state index in [1.165, 1.54) is 34.8 Å².